The number of benzene rings is 1. The minimum Gasteiger partial charge on any atom is -0.481 e. The zero-order valence-corrected chi connectivity index (χ0v) is 13.0. The topological polar surface area (TPSA) is 73.5 Å². The van der Waals surface area contributed by atoms with Crippen LogP contribution in [0.5, 0.6) is 5.88 Å². The van der Waals surface area contributed by atoms with Crippen LogP contribution in [-0.4, -0.2) is 36.8 Å². The van der Waals surface area contributed by atoms with Gasteiger partial charge in [0.05, 0.1) is 13.7 Å². The van der Waals surface area contributed by atoms with Crippen molar-refractivity contribution in [1.29, 1.82) is 0 Å². The highest BCUT2D eigenvalue weighted by atomic mass is 35.5. The second kappa shape index (κ2) is 6.37. The molecule has 1 atom stereocenters. The van der Waals surface area contributed by atoms with Gasteiger partial charge in [-0.15, -0.1) is 0 Å². The van der Waals surface area contributed by atoms with E-state index in [-0.39, 0.29) is 12.1 Å². The summed E-state index contributed by atoms with van der Waals surface area (Å²) in [6.45, 7) is 2.03. The molecule has 0 saturated carbocycles. The first-order valence-electron chi connectivity index (χ1n) is 6.96. The van der Waals surface area contributed by atoms with Crippen LogP contribution in [0.3, 0.4) is 0 Å². The summed E-state index contributed by atoms with van der Waals surface area (Å²) in [4.78, 5) is 10.4. The molecule has 1 aromatic carbocycles. The second-order valence-electron chi connectivity index (χ2n) is 4.98. The average Bonchev–Trinajstić information content (AvgIpc) is 2.55. The molecule has 2 heterocycles. The highest BCUT2D eigenvalue weighted by Gasteiger charge is 2.23. The third-order valence-corrected chi connectivity index (χ3v) is 3.80. The van der Waals surface area contributed by atoms with Crippen molar-refractivity contribution < 1.29 is 9.47 Å². The number of nitrogens with zero attached hydrogens (tertiary/aromatic N) is 3. The summed E-state index contributed by atoms with van der Waals surface area (Å²) in [6, 6.07) is 9.47. The summed E-state index contributed by atoms with van der Waals surface area (Å²) >= 11 is 5.93. The summed E-state index contributed by atoms with van der Waals surface area (Å²) in [5, 5.41) is 0.713. The summed E-state index contributed by atoms with van der Waals surface area (Å²) in [5.74, 6) is 1.40. The number of ether oxygens (including phenoxy) is 2. The van der Waals surface area contributed by atoms with Crippen molar-refractivity contribution in [3.63, 3.8) is 0 Å². The number of morpholine rings is 1. The van der Waals surface area contributed by atoms with Crippen molar-refractivity contribution in [2.45, 2.75) is 6.10 Å². The maximum atomic E-state index is 5.93. The number of anilines is 2. The quantitative estimate of drug-likeness (QED) is 0.935. The fourth-order valence-electron chi connectivity index (χ4n) is 2.43. The molecule has 3 rings (SSSR count). The Morgan fingerprint density at radius 3 is 2.82 bits per heavy atom. The zero-order valence-electron chi connectivity index (χ0n) is 12.2. The normalized spacial score (nSPS) is 18.3. The zero-order chi connectivity index (χ0) is 15.5. The molecule has 1 aromatic heterocycles. The van der Waals surface area contributed by atoms with E-state index in [1.165, 1.54) is 0 Å². The number of hydrogen-bond donors (Lipinski definition) is 1. The molecule has 116 valence electrons. The van der Waals surface area contributed by atoms with Crippen molar-refractivity contribution in [1.82, 2.24) is 9.97 Å². The van der Waals surface area contributed by atoms with Crippen molar-refractivity contribution in [2.24, 2.45) is 0 Å². The van der Waals surface area contributed by atoms with Gasteiger partial charge in [-0.3, -0.25) is 0 Å². The highest BCUT2D eigenvalue weighted by Crippen LogP contribution is 2.27. The Morgan fingerprint density at radius 1 is 1.32 bits per heavy atom. The SMILES string of the molecule is COc1cc(N2CCOC(c3ccc(Cl)cc3)C2)nc(N)n1. The molecule has 0 bridgehead atoms. The Bertz CT molecular complexity index is 650. The number of nitrogen functional groups attached to an aromatic ring is 1. The van der Waals surface area contributed by atoms with Gasteiger partial charge < -0.3 is 20.1 Å². The summed E-state index contributed by atoms with van der Waals surface area (Å²) in [6.07, 6.45) is -0.0341. The van der Waals surface area contributed by atoms with Crippen LogP contribution >= 0.6 is 11.6 Å². The molecule has 22 heavy (non-hydrogen) atoms. The minimum atomic E-state index is -0.0341. The van der Waals surface area contributed by atoms with Crippen LogP contribution < -0.4 is 15.4 Å². The third-order valence-electron chi connectivity index (χ3n) is 3.55. The fourth-order valence-corrected chi connectivity index (χ4v) is 2.56. The Morgan fingerprint density at radius 2 is 2.09 bits per heavy atom. The standard InChI is InChI=1S/C15H17ClN4O2/c1-21-14-8-13(18-15(17)19-14)20-6-7-22-12(9-20)10-2-4-11(16)5-3-10/h2-5,8,12H,6-7,9H2,1H3,(H2,17,18,19). The van der Waals surface area contributed by atoms with Crippen LogP contribution in [-0.2, 0) is 4.74 Å². The van der Waals surface area contributed by atoms with Crippen LogP contribution in [0.2, 0.25) is 5.02 Å². The average molecular weight is 321 g/mol. The summed E-state index contributed by atoms with van der Waals surface area (Å²) < 4.78 is 11.0. The number of aromatic nitrogens is 2. The molecule has 2 aromatic rings. The molecule has 7 heteroatoms. The summed E-state index contributed by atoms with van der Waals surface area (Å²) in [5.41, 5.74) is 6.82. The molecule has 1 aliphatic rings. The first-order chi connectivity index (χ1) is 10.7. The van der Waals surface area contributed by atoms with Gasteiger partial charge in [0.15, 0.2) is 0 Å². The van der Waals surface area contributed by atoms with E-state index in [9.17, 15) is 0 Å². The molecule has 1 aliphatic heterocycles. The van der Waals surface area contributed by atoms with Gasteiger partial charge in [-0.2, -0.15) is 9.97 Å². The van der Waals surface area contributed by atoms with Crippen molar-refractivity contribution >= 4 is 23.4 Å². The first kappa shape index (κ1) is 14.9. The molecular formula is C15H17ClN4O2. The molecule has 0 amide bonds. The lowest BCUT2D eigenvalue weighted by atomic mass is 10.1. The van der Waals surface area contributed by atoms with E-state index < -0.39 is 0 Å². The lowest BCUT2D eigenvalue weighted by molar-refractivity contribution is 0.0395. The van der Waals surface area contributed by atoms with Crippen molar-refractivity contribution in [3.8, 4) is 5.88 Å². The molecule has 6 nitrogen and oxygen atoms in total. The van der Waals surface area contributed by atoms with Crippen molar-refractivity contribution in [2.75, 3.05) is 37.4 Å². The van der Waals surface area contributed by atoms with Gasteiger partial charge >= 0.3 is 0 Å². The fraction of sp³-hybridized carbons (Fsp3) is 0.333. The van der Waals surface area contributed by atoms with Crippen LogP contribution in [0.25, 0.3) is 0 Å². The third kappa shape index (κ3) is 3.23. The maximum absolute atomic E-state index is 5.93. The van der Waals surface area contributed by atoms with E-state index >= 15 is 0 Å². The molecule has 1 saturated heterocycles. The van der Waals surface area contributed by atoms with Crippen LogP contribution in [0.4, 0.5) is 11.8 Å². The van der Waals surface area contributed by atoms with Gasteiger partial charge in [0.25, 0.3) is 0 Å². The molecule has 2 N–H and O–H groups in total. The Balaban J connectivity index is 1.81. The Hall–Kier alpha value is -2.05. The molecule has 0 radical (unpaired) electrons. The van der Waals surface area contributed by atoms with Gasteiger partial charge in [-0.05, 0) is 17.7 Å². The monoisotopic (exact) mass is 320 g/mol. The predicted molar refractivity (Wildman–Crippen MR) is 85.4 cm³/mol. The van der Waals surface area contributed by atoms with Gasteiger partial charge in [-0.25, -0.2) is 0 Å². The maximum Gasteiger partial charge on any atom is 0.225 e. The number of halogens is 1. The van der Waals surface area contributed by atoms with E-state index in [1.807, 2.05) is 24.3 Å². The smallest absolute Gasteiger partial charge is 0.225 e. The number of rotatable bonds is 3. The molecule has 0 aliphatic carbocycles. The van der Waals surface area contributed by atoms with E-state index in [0.29, 0.717) is 24.1 Å². The molecule has 1 fully saturated rings. The first-order valence-corrected chi connectivity index (χ1v) is 7.34. The van der Waals surface area contributed by atoms with Gasteiger partial charge in [0.2, 0.25) is 11.8 Å². The van der Waals surface area contributed by atoms with E-state index in [4.69, 9.17) is 26.8 Å². The van der Waals surface area contributed by atoms with Crippen molar-refractivity contribution in [3.05, 3.63) is 40.9 Å². The lowest BCUT2D eigenvalue weighted by Gasteiger charge is -2.34. The van der Waals surface area contributed by atoms with Gasteiger partial charge in [-0.1, -0.05) is 23.7 Å². The molecule has 1 unspecified atom stereocenters. The predicted octanol–water partition coefficient (Wildman–Crippen LogP) is 2.30. The highest BCUT2D eigenvalue weighted by molar-refractivity contribution is 6.30. The molecule has 0 spiro atoms. The van der Waals surface area contributed by atoms with Crippen LogP contribution in [0.1, 0.15) is 11.7 Å². The number of methoxy groups -OCH3 is 1. The van der Waals surface area contributed by atoms with Gasteiger partial charge in [0.1, 0.15) is 11.9 Å². The van der Waals surface area contributed by atoms with E-state index in [2.05, 4.69) is 14.9 Å². The van der Waals surface area contributed by atoms with Gasteiger partial charge in [0, 0.05) is 24.2 Å². The van der Waals surface area contributed by atoms with E-state index in [0.717, 1.165) is 17.9 Å². The Kier molecular flexibility index (Phi) is 4.31. The van der Waals surface area contributed by atoms with E-state index in [1.54, 1.807) is 13.2 Å². The second-order valence-corrected chi connectivity index (χ2v) is 5.42. The molecular weight excluding hydrogens is 304 g/mol. The number of hydrogen-bond acceptors (Lipinski definition) is 6. The van der Waals surface area contributed by atoms with Crippen LogP contribution in [0.15, 0.2) is 30.3 Å². The largest absolute Gasteiger partial charge is 0.481 e. The number of nitrogens with two attached hydrogens (primary N) is 1. The lowest BCUT2D eigenvalue weighted by Crippen LogP contribution is -2.39. The Labute approximate surface area is 133 Å². The van der Waals surface area contributed by atoms with Crippen LogP contribution in [0, 0.1) is 0 Å². The summed E-state index contributed by atoms with van der Waals surface area (Å²) in [7, 11) is 1.56. The minimum absolute atomic E-state index is 0.0341.